The molecule has 30 heavy (non-hydrogen) atoms. The van der Waals surface area contributed by atoms with Gasteiger partial charge >= 0.3 is 0 Å². The van der Waals surface area contributed by atoms with E-state index in [-0.39, 0.29) is 17.9 Å². The van der Waals surface area contributed by atoms with E-state index in [0.717, 1.165) is 12.0 Å². The van der Waals surface area contributed by atoms with Crippen LogP contribution >= 0.6 is 11.8 Å². The van der Waals surface area contributed by atoms with Crippen LogP contribution in [0.1, 0.15) is 50.9 Å². The summed E-state index contributed by atoms with van der Waals surface area (Å²) in [4.78, 5) is 24.6. The molecule has 0 radical (unpaired) electrons. The zero-order chi connectivity index (χ0) is 21.3. The van der Waals surface area contributed by atoms with E-state index in [2.05, 4.69) is 27.8 Å². The summed E-state index contributed by atoms with van der Waals surface area (Å²) in [7, 11) is 0. The minimum atomic E-state index is -0.0537. The molecule has 0 aliphatic heterocycles. The van der Waals surface area contributed by atoms with Crippen LogP contribution in [0, 0.1) is 5.92 Å². The largest absolute Gasteiger partial charge is 0.352 e. The summed E-state index contributed by atoms with van der Waals surface area (Å²) in [5.41, 5.74) is 0.974. The van der Waals surface area contributed by atoms with Gasteiger partial charge in [0.05, 0.1) is 18.7 Å². The molecule has 2 N–H and O–H groups in total. The first-order valence-electron chi connectivity index (χ1n) is 10.7. The van der Waals surface area contributed by atoms with Gasteiger partial charge in [-0.15, -0.1) is 10.2 Å². The highest BCUT2D eigenvalue weighted by Crippen LogP contribution is 2.24. The standard InChI is InChI=1S/C22H31N5O2S/c1-3-27-19(14-23-20(28)13-17-10-5-4-6-11-17)25-26-22(27)30-15-21(29)24-18-12-8-7-9-16(18)2/h4-6,10-11,16,18H,3,7-9,12-15H2,1-2H3,(H,23,28)(H,24,29)/t16-,18+/m1/s1. The maximum Gasteiger partial charge on any atom is 0.230 e. The van der Waals surface area contributed by atoms with Gasteiger partial charge in [-0.3, -0.25) is 9.59 Å². The topological polar surface area (TPSA) is 88.9 Å². The SMILES string of the molecule is CCn1c(CNC(=O)Cc2ccccc2)nnc1SCC(=O)N[C@H]1CCCC[C@H]1C. The van der Waals surface area contributed by atoms with Crippen LogP contribution in [-0.2, 0) is 29.1 Å². The fourth-order valence-electron chi connectivity index (χ4n) is 3.80. The van der Waals surface area contributed by atoms with Gasteiger partial charge in [0.1, 0.15) is 0 Å². The van der Waals surface area contributed by atoms with Crippen LogP contribution in [0.25, 0.3) is 0 Å². The predicted molar refractivity (Wildman–Crippen MR) is 118 cm³/mol. The van der Waals surface area contributed by atoms with Gasteiger partial charge in [-0.05, 0) is 31.2 Å². The van der Waals surface area contributed by atoms with Crippen molar-refractivity contribution in [2.75, 3.05) is 5.75 Å². The normalized spacial score (nSPS) is 18.7. The highest BCUT2D eigenvalue weighted by Gasteiger charge is 2.23. The Kier molecular flexibility index (Phi) is 8.30. The summed E-state index contributed by atoms with van der Waals surface area (Å²) < 4.78 is 1.95. The molecule has 2 aromatic rings. The lowest BCUT2D eigenvalue weighted by molar-refractivity contribution is -0.121. The zero-order valence-electron chi connectivity index (χ0n) is 17.8. The molecule has 0 unspecified atom stereocenters. The molecule has 2 amide bonds. The van der Waals surface area contributed by atoms with Gasteiger partial charge in [0.15, 0.2) is 11.0 Å². The van der Waals surface area contributed by atoms with E-state index in [9.17, 15) is 9.59 Å². The molecule has 1 heterocycles. The lowest BCUT2D eigenvalue weighted by Gasteiger charge is -2.29. The van der Waals surface area contributed by atoms with E-state index >= 15 is 0 Å². The Morgan fingerprint density at radius 1 is 1.13 bits per heavy atom. The van der Waals surface area contributed by atoms with Crippen LogP contribution in [0.5, 0.6) is 0 Å². The quantitative estimate of drug-likeness (QED) is 0.598. The molecule has 0 saturated heterocycles. The molecule has 1 fully saturated rings. The minimum absolute atomic E-state index is 0.0436. The molecule has 162 valence electrons. The molecule has 0 bridgehead atoms. The summed E-state index contributed by atoms with van der Waals surface area (Å²) in [6.07, 6.45) is 5.03. The Labute approximate surface area is 182 Å². The number of hydrogen-bond acceptors (Lipinski definition) is 5. The minimum Gasteiger partial charge on any atom is -0.352 e. The van der Waals surface area contributed by atoms with Gasteiger partial charge in [-0.1, -0.05) is 61.9 Å². The lowest BCUT2D eigenvalue weighted by Crippen LogP contribution is -2.41. The fraction of sp³-hybridized carbons (Fsp3) is 0.545. The Balaban J connectivity index is 1.48. The lowest BCUT2D eigenvalue weighted by atomic mass is 9.86. The number of carbonyl (C=O) groups is 2. The van der Waals surface area contributed by atoms with Crippen molar-refractivity contribution < 1.29 is 9.59 Å². The summed E-state index contributed by atoms with van der Waals surface area (Å²) in [6, 6.07) is 9.92. The third-order valence-electron chi connectivity index (χ3n) is 5.55. The third kappa shape index (κ3) is 6.32. The van der Waals surface area contributed by atoms with Gasteiger partial charge < -0.3 is 15.2 Å². The molecule has 0 spiro atoms. The van der Waals surface area contributed by atoms with E-state index in [1.54, 1.807) is 0 Å². The van der Waals surface area contributed by atoms with Crippen LogP contribution < -0.4 is 10.6 Å². The number of amides is 2. The third-order valence-corrected chi connectivity index (χ3v) is 6.52. The molecule has 1 aliphatic carbocycles. The highest BCUT2D eigenvalue weighted by molar-refractivity contribution is 7.99. The van der Waals surface area contributed by atoms with Gasteiger partial charge in [-0.25, -0.2) is 0 Å². The van der Waals surface area contributed by atoms with Crippen molar-refractivity contribution in [3.63, 3.8) is 0 Å². The van der Waals surface area contributed by atoms with Crippen molar-refractivity contribution in [1.82, 2.24) is 25.4 Å². The second kappa shape index (κ2) is 11.2. The first kappa shape index (κ1) is 22.3. The van der Waals surface area contributed by atoms with E-state index < -0.39 is 0 Å². The average Bonchev–Trinajstić information content (AvgIpc) is 3.15. The first-order chi connectivity index (χ1) is 14.6. The number of benzene rings is 1. The molecular weight excluding hydrogens is 398 g/mol. The maximum absolute atomic E-state index is 12.4. The Bertz CT molecular complexity index is 839. The predicted octanol–water partition coefficient (Wildman–Crippen LogP) is 2.94. The molecule has 8 heteroatoms. The molecule has 1 saturated carbocycles. The molecule has 3 rings (SSSR count). The summed E-state index contributed by atoms with van der Waals surface area (Å²) in [5, 5.41) is 15.2. The van der Waals surface area contributed by atoms with Crippen molar-refractivity contribution in [2.45, 2.75) is 70.2 Å². The van der Waals surface area contributed by atoms with Crippen molar-refractivity contribution in [3.8, 4) is 0 Å². The molecule has 1 aliphatic rings. The summed E-state index contributed by atoms with van der Waals surface area (Å²) in [6.45, 7) is 5.22. The van der Waals surface area contributed by atoms with Crippen molar-refractivity contribution >= 4 is 23.6 Å². The maximum atomic E-state index is 12.4. The second-order valence-electron chi connectivity index (χ2n) is 7.81. The van der Waals surface area contributed by atoms with Crippen molar-refractivity contribution in [3.05, 3.63) is 41.7 Å². The van der Waals surface area contributed by atoms with Crippen molar-refractivity contribution in [1.29, 1.82) is 0 Å². The number of nitrogens with zero attached hydrogens (tertiary/aromatic N) is 3. The Morgan fingerprint density at radius 2 is 1.90 bits per heavy atom. The van der Waals surface area contributed by atoms with Crippen LogP contribution in [0.15, 0.2) is 35.5 Å². The molecule has 1 aromatic carbocycles. The van der Waals surface area contributed by atoms with Crippen molar-refractivity contribution in [2.24, 2.45) is 5.92 Å². The average molecular weight is 430 g/mol. The zero-order valence-corrected chi connectivity index (χ0v) is 18.6. The number of hydrogen-bond donors (Lipinski definition) is 2. The van der Waals surface area contributed by atoms with Crippen LogP contribution in [0.4, 0.5) is 0 Å². The van der Waals surface area contributed by atoms with Gasteiger partial charge in [0.2, 0.25) is 11.8 Å². The van der Waals surface area contributed by atoms with E-state index in [1.165, 1.54) is 31.0 Å². The van der Waals surface area contributed by atoms with Gasteiger partial charge in [0.25, 0.3) is 0 Å². The number of thioether (sulfide) groups is 1. The van der Waals surface area contributed by atoms with E-state index in [0.29, 0.717) is 42.2 Å². The molecule has 2 atom stereocenters. The van der Waals surface area contributed by atoms with Crippen LogP contribution in [0.3, 0.4) is 0 Å². The number of rotatable bonds is 9. The van der Waals surface area contributed by atoms with E-state index in [1.807, 2.05) is 41.8 Å². The van der Waals surface area contributed by atoms with Gasteiger partial charge in [-0.2, -0.15) is 0 Å². The monoisotopic (exact) mass is 429 g/mol. The van der Waals surface area contributed by atoms with Gasteiger partial charge in [0, 0.05) is 12.6 Å². The summed E-state index contributed by atoms with van der Waals surface area (Å²) >= 11 is 1.39. The molecular formula is C22H31N5O2S. The Morgan fingerprint density at radius 3 is 2.63 bits per heavy atom. The number of carbonyl (C=O) groups excluding carboxylic acids is 2. The number of nitrogens with one attached hydrogen (secondary N) is 2. The van der Waals surface area contributed by atoms with Crippen LogP contribution in [0.2, 0.25) is 0 Å². The Hall–Kier alpha value is -2.35. The first-order valence-corrected chi connectivity index (χ1v) is 11.7. The highest BCUT2D eigenvalue weighted by atomic mass is 32.2. The van der Waals surface area contributed by atoms with E-state index in [4.69, 9.17) is 0 Å². The molecule has 1 aromatic heterocycles. The summed E-state index contributed by atoms with van der Waals surface area (Å²) in [5.74, 6) is 1.55. The smallest absolute Gasteiger partial charge is 0.230 e. The number of aromatic nitrogens is 3. The molecule has 7 nitrogen and oxygen atoms in total. The fourth-order valence-corrected chi connectivity index (χ4v) is 4.64. The second-order valence-corrected chi connectivity index (χ2v) is 8.75. The van der Waals surface area contributed by atoms with Crippen LogP contribution in [-0.4, -0.2) is 38.4 Å².